The maximum atomic E-state index is 13.2. The Morgan fingerprint density at radius 2 is 1.96 bits per heavy atom. The first-order valence-electron chi connectivity index (χ1n) is 8.05. The van der Waals surface area contributed by atoms with E-state index in [2.05, 4.69) is 10.4 Å². The summed E-state index contributed by atoms with van der Waals surface area (Å²) in [6.45, 7) is -0.0906. The second kappa shape index (κ2) is 8.01. The lowest BCUT2D eigenvalue weighted by atomic mass is 10.3. The van der Waals surface area contributed by atoms with Gasteiger partial charge in [0.1, 0.15) is 10.8 Å². The lowest BCUT2D eigenvalue weighted by Gasteiger charge is -2.20. The quantitative estimate of drug-likeness (QED) is 0.731. The van der Waals surface area contributed by atoms with Gasteiger partial charge in [0.15, 0.2) is 0 Å². The number of para-hydroxylation sites is 1. The molecule has 2 aromatic carbocycles. The van der Waals surface area contributed by atoms with Gasteiger partial charge in [-0.1, -0.05) is 35.9 Å². The highest BCUT2D eigenvalue weighted by molar-refractivity contribution is 6.33. The van der Waals surface area contributed by atoms with Crippen molar-refractivity contribution in [3.05, 3.63) is 82.0 Å². The summed E-state index contributed by atoms with van der Waals surface area (Å²) in [6, 6.07) is 14.5. The van der Waals surface area contributed by atoms with Gasteiger partial charge in [0.05, 0.1) is 24.1 Å². The number of anilines is 2. The molecule has 0 radical (unpaired) electrons. The molecule has 0 fully saturated rings. The van der Waals surface area contributed by atoms with Crippen molar-refractivity contribution in [1.29, 1.82) is 0 Å². The third-order valence-corrected chi connectivity index (χ3v) is 4.16. The van der Waals surface area contributed by atoms with E-state index < -0.39 is 11.4 Å². The van der Waals surface area contributed by atoms with Gasteiger partial charge < -0.3 is 10.2 Å². The van der Waals surface area contributed by atoms with Crippen LogP contribution < -0.4 is 15.8 Å². The molecule has 0 unspecified atom stereocenters. The van der Waals surface area contributed by atoms with Crippen molar-refractivity contribution in [3.8, 4) is 5.69 Å². The number of likely N-dealkylation sites (N-methyl/N-ethyl adjacent to an activating group) is 1. The van der Waals surface area contributed by atoms with Crippen LogP contribution in [0.1, 0.15) is 0 Å². The van der Waals surface area contributed by atoms with E-state index in [1.54, 1.807) is 37.4 Å². The molecule has 0 aliphatic rings. The van der Waals surface area contributed by atoms with E-state index in [0.29, 0.717) is 17.1 Å². The van der Waals surface area contributed by atoms with Gasteiger partial charge in [-0.3, -0.25) is 9.59 Å². The summed E-state index contributed by atoms with van der Waals surface area (Å²) in [6.07, 6.45) is 1.42. The Bertz CT molecular complexity index is 1020. The van der Waals surface area contributed by atoms with Gasteiger partial charge in [-0.2, -0.15) is 9.78 Å². The topological polar surface area (TPSA) is 67.2 Å². The second-order valence-corrected chi connectivity index (χ2v) is 6.19. The molecule has 0 saturated heterocycles. The number of carbonyl (C=O) groups excluding carboxylic acids is 1. The molecule has 0 aliphatic heterocycles. The molecule has 3 aromatic rings. The molecular weight excluding hydrogens is 371 g/mol. The third kappa shape index (κ3) is 4.32. The summed E-state index contributed by atoms with van der Waals surface area (Å²) < 4.78 is 14.4. The average Bonchev–Trinajstić information content (AvgIpc) is 2.64. The Labute approximate surface area is 159 Å². The van der Waals surface area contributed by atoms with Gasteiger partial charge in [0.25, 0.3) is 5.56 Å². The predicted molar refractivity (Wildman–Crippen MR) is 103 cm³/mol. The number of amides is 1. The van der Waals surface area contributed by atoms with Crippen LogP contribution >= 0.6 is 11.6 Å². The number of aromatic nitrogens is 2. The highest BCUT2D eigenvalue weighted by Gasteiger charge is 2.16. The highest BCUT2D eigenvalue weighted by atomic mass is 35.5. The first-order valence-corrected chi connectivity index (χ1v) is 8.43. The number of nitrogens with one attached hydrogen (secondary N) is 1. The van der Waals surface area contributed by atoms with E-state index >= 15 is 0 Å². The maximum Gasteiger partial charge on any atom is 0.292 e. The zero-order valence-electron chi connectivity index (χ0n) is 14.4. The van der Waals surface area contributed by atoms with Crippen molar-refractivity contribution < 1.29 is 9.18 Å². The maximum absolute atomic E-state index is 13.2. The fourth-order valence-electron chi connectivity index (χ4n) is 2.51. The molecular formula is C19H16ClFN4O2. The Morgan fingerprint density at radius 3 is 2.67 bits per heavy atom. The largest absolute Gasteiger partial charge is 0.363 e. The van der Waals surface area contributed by atoms with Gasteiger partial charge in [-0.05, 0) is 30.3 Å². The third-order valence-electron chi connectivity index (χ3n) is 3.80. The van der Waals surface area contributed by atoms with E-state index in [9.17, 15) is 14.0 Å². The molecule has 3 rings (SSSR count). The number of rotatable bonds is 5. The molecule has 27 heavy (non-hydrogen) atoms. The first kappa shape index (κ1) is 18.6. The van der Waals surface area contributed by atoms with E-state index in [1.165, 1.54) is 34.0 Å². The van der Waals surface area contributed by atoms with Crippen LogP contribution in [0.15, 0.2) is 65.6 Å². The molecule has 0 atom stereocenters. The van der Waals surface area contributed by atoms with Gasteiger partial charge in [0.2, 0.25) is 5.91 Å². The van der Waals surface area contributed by atoms with Crippen molar-refractivity contribution >= 4 is 28.9 Å². The molecule has 1 aromatic heterocycles. The van der Waals surface area contributed by atoms with E-state index in [-0.39, 0.29) is 17.5 Å². The van der Waals surface area contributed by atoms with Crippen LogP contribution in [0.2, 0.25) is 5.02 Å². The number of benzene rings is 2. The van der Waals surface area contributed by atoms with Crippen molar-refractivity contribution in [1.82, 2.24) is 9.78 Å². The number of hydrogen-bond donors (Lipinski definition) is 1. The van der Waals surface area contributed by atoms with Crippen LogP contribution in [-0.2, 0) is 4.79 Å². The summed E-state index contributed by atoms with van der Waals surface area (Å²) in [5, 5.41) is 6.67. The Kier molecular flexibility index (Phi) is 5.52. The Balaban J connectivity index is 1.77. The molecule has 8 heteroatoms. The molecule has 0 aliphatic carbocycles. The zero-order chi connectivity index (χ0) is 19.4. The Morgan fingerprint density at radius 1 is 1.22 bits per heavy atom. The number of hydrogen-bond acceptors (Lipinski definition) is 4. The average molecular weight is 387 g/mol. The summed E-state index contributed by atoms with van der Waals surface area (Å²) >= 11 is 6.21. The molecule has 6 nitrogen and oxygen atoms in total. The minimum absolute atomic E-state index is 0.0464. The lowest BCUT2D eigenvalue weighted by molar-refractivity contribution is -0.114. The molecule has 0 saturated carbocycles. The minimum Gasteiger partial charge on any atom is -0.363 e. The smallest absolute Gasteiger partial charge is 0.292 e. The fourth-order valence-corrected chi connectivity index (χ4v) is 2.78. The number of halogens is 2. The van der Waals surface area contributed by atoms with Gasteiger partial charge in [0, 0.05) is 12.7 Å². The highest BCUT2D eigenvalue weighted by Crippen LogP contribution is 2.20. The molecule has 1 amide bonds. The van der Waals surface area contributed by atoms with Gasteiger partial charge in [-0.15, -0.1) is 0 Å². The summed E-state index contributed by atoms with van der Waals surface area (Å²) in [5.74, 6) is -0.829. The van der Waals surface area contributed by atoms with Crippen LogP contribution in [0.3, 0.4) is 0 Å². The van der Waals surface area contributed by atoms with Gasteiger partial charge >= 0.3 is 0 Å². The number of carbonyl (C=O) groups is 1. The molecule has 138 valence electrons. The number of nitrogens with zero attached hydrogens (tertiary/aromatic N) is 3. The Hall–Kier alpha value is -3.19. The van der Waals surface area contributed by atoms with E-state index in [0.717, 1.165) is 0 Å². The summed E-state index contributed by atoms with van der Waals surface area (Å²) in [7, 11) is 1.61. The zero-order valence-corrected chi connectivity index (χ0v) is 15.2. The van der Waals surface area contributed by atoms with Crippen molar-refractivity contribution in [2.75, 3.05) is 23.8 Å². The first-order chi connectivity index (χ1) is 13.0. The summed E-state index contributed by atoms with van der Waals surface area (Å²) in [5.41, 5.74) is 0.764. The van der Waals surface area contributed by atoms with Crippen LogP contribution in [-0.4, -0.2) is 29.3 Å². The van der Waals surface area contributed by atoms with Crippen LogP contribution in [0.5, 0.6) is 0 Å². The van der Waals surface area contributed by atoms with Crippen LogP contribution in [0.4, 0.5) is 15.8 Å². The van der Waals surface area contributed by atoms with Crippen molar-refractivity contribution in [2.24, 2.45) is 0 Å². The van der Waals surface area contributed by atoms with Gasteiger partial charge in [-0.25, -0.2) is 4.39 Å². The van der Waals surface area contributed by atoms with Crippen LogP contribution in [0.25, 0.3) is 5.69 Å². The van der Waals surface area contributed by atoms with E-state index in [4.69, 9.17) is 11.6 Å². The minimum atomic E-state index is -0.488. The molecule has 0 bridgehead atoms. The lowest BCUT2D eigenvalue weighted by Crippen LogP contribution is -2.32. The standard InChI is InChI=1S/C19H16ClFN4O2/c1-24(12-17(26)23-14-7-5-6-13(21)10-14)16-11-22-25(19(27)18(16)20)15-8-3-2-4-9-15/h2-11H,12H2,1H3,(H,23,26). The van der Waals surface area contributed by atoms with Crippen LogP contribution in [0, 0.1) is 5.82 Å². The molecule has 0 spiro atoms. The molecule has 1 N–H and O–H groups in total. The van der Waals surface area contributed by atoms with E-state index in [1.807, 2.05) is 6.07 Å². The normalized spacial score (nSPS) is 10.5. The predicted octanol–water partition coefficient (Wildman–Crippen LogP) is 3.10. The summed E-state index contributed by atoms with van der Waals surface area (Å²) in [4.78, 5) is 26.2. The SMILES string of the molecule is CN(CC(=O)Nc1cccc(F)c1)c1cnn(-c2ccccc2)c(=O)c1Cl. The monoisotopic (exact) mass is 386 g/mol. The molecule has 1 heterocycles. The fraction of sp³-hybridized carbons (Fsp3) is 0.105. The second-order valence-electron chi connectivity index (χ2n) is 5.81. The van der Waals surface area contributed by atoms with Crippen molar-refractivity contribution in [3.63, 3.8) is 0 Å². The van der Waals surface area contributed by atoms with Crippen molar-refractivity contribution in [2.45, 2.75) is 0 Å².